The first-order valence-corrected chi connectivity index (χ1v) is 7.54. The van der Waals surface area contributed by atoms with E-state index in [1.54, 1.807) is 7.11 Å². The predicted molar refractivity (Wildman–Crippen MR) is 91.7 cm³/mol. The van der Waals surface area contributed by atoms with Crippen molar-refractivity contribution in [3.8, 4) is 16.9 Å². The van der Waals surface area contributed by atoms with Gasteiger partial charge in [-0.15, -0.1) is 0 Å². The standard InChI is InChI=1S/C20H24O2/c1-13-10-14(2)18(15(3)11-13)16-8-7-9-17(19(16)22-6)20(4,5)12-21/h7-12H,1-6H3. The van der Waals surface area contributed by atoms with Gasteiger partial charge in [-0.3, -0.25) is 0 Å². The maximum atomic E-state index is 11.5. The van der Waals surface area contributed by atoms with Gasteiger partial charge in [0.15, 0.2) is 0 Å². The number of hydrogen-bond acceptors (Lipinski definition) is 2. The molecule has 0 aliphatic rings. The van der Waals surface area contributed by atoms with Crippen molar-refractivity contribution in [1.82, 2.24) is 0 Å². The van der Waals surface area contributed by atoms with E-state index in [2.05, 4.69) is 39.0 Å². The Balaban J connectivity index is 2.78. The average molecular weight is 296 g/mol. The van der Waals surface area contributed by atoms with Gasteiger partial charge >= 0.3 is 0 Å². The zero-order valence-corrected chi connectivity index (χ0v) is 14.3. The molecule has 116 valence electrons. The zero-order chi connectivity index (χ0) is 16.5. The quantitative estimate of drug-likeness (QED) is 0.760. The lowest BCUT2D eigenvalue weighted by Crippen LogP contribution is -2.20. The van der Waals surface area contributed by atoms with Gasteiger partial charge in [0, 0.05) is 16.5 Å². The van der Waals surface area contributed by atoms with Crippen molar-refractivity contribution in [2.24, 2.45) is 0 Å². The average Bonchev–Trinajstić information content (AvgIpc) is 2.45. The first kappa shape index (κ1) is 16.3. The molecule has 0 fully saturated rings. The van der Waals surface area contributed by atoms with Crippen LogP contribution in [0.15, 0.2) is 30.3 Å². The van der Waals surface area contributed by atoms with Crippen LogP contribution < -0.4 is 4.74 Å². The highest BCUT2D eigenvalue weighted by Crippen LogP contribution is 2.41. The molecule has 2 heteroatoms. The summed E-state index contributed by atoms with van der Waals surface area (Å²) in [6, 6.07) is 10.4. The molecule has 0 unspecified atom stereocenters. The van der Waals surface area contributed by atoms with Gasteiger partial charge in [-0.1, -0.05) is 35.9 Å². The Hall–Kier alpha value is -2.09. The Morgan fingerprint density at radius 3 is 2.14 bits per heavy atom. The van der Waals surface area contributed by atoms with Crippen molar-refractivity contribution in [1.29, 1.82) is 0 Å². The van der Waals surface area contributed by atoms with Crippen molar-refractivity contribution in [2.75, 3.05) is 7.11 Å². The van der Waals surface area contributed by atoms with Crippen molar-refractivity contribution < 1.29 is 9.53 Å². The fourth-order valence-electron chi connectivity index (χ4n) is 3.13. The summed E-state index contributed by atoms with van der Waals surface area (Å²) in [7, 11) is 1.67. The van der Waals surface area contributed by atoms with E-state index in [9.17, 15) is 4.79 Å². The van der Waals surface area contributed by atoms with Crippen molar-refractivity contribution in [3.05, 3.63) is 52.6 Å². The minimum Gasteiger partial charge on any atom is -0.496 e. The Bertz CT molecular complexity index is 689. The number of para-hydroxylation sites is 1. The van der Waals surface area contributed by atoms with Crippen LogP contribution in [0, 0.1) is 20.8 Å². The molecule has 0 N–H and O–H groups in total. The number of ether oxygens (including phenoxy) is 1. The number of aryl methyl sites for hydroxylation is 3. The maximum absolute atomic E-state index is 11.5. The lowest BCUT2D eigenvalue weighted by molar-refractivity contribution is -0.111. The van der Waals surface area contributed by atoms with Crippen molar-refractivity contribution in [2.45, 2.75) is 40.0 Å². The molecule has 0 aliphatic heterocycles. The highest BCUT2D eigenvalue weighted by atomic mass is 16.5. The first-order chi connectivity index (χ1) is 10.3. The van der Waals surface area contributed by atoms with Gasteiger partial charge < -0.3 is 9.53 Å². The molecule has 0 radical (unpaired) electrons. The van der Waals surface area contributed by atoms with E-state index < -0.39 is 5.41 Å². The number of carbonyl (C=O) groups is 1. The van der Waals surface area contributed by atoms with E-state index >= 15 is 0 Å². The van der Waals surface area contributed by atoms with E-state index in [-0.39, 0.29) is 0 Å². The molecule has 2 aromatic carbocycles. The second-order valence-corrected chi connectivity index (χ2v) is 6.50. The smallest absolute Gasteiger partial charge is 0.130 e. The first-order valence-electron chi connectivity index (χ1n) is 7.54. The van der Waals surface area contributed by atoms with E-state index in [0.717, 1.165) is 23.2 Å². The third-order valence-corrected chi connectivity index (χ3v) is 4.15. The van der Waals surface area contributed by atoms with E-state index in [4.69, 9.17) is 4.74 Å². The van der Waals surface area contributed by atoms with Crippen LogP contribution in [0.3, 0.4) is 0 Å². The van der Waals surface area contributed by atoms with Crippen LogP contribution in [0.5, 0.6) is 5.75 Å². The van der Waals surface area contributed by atoms with Gasteiger partial charge in [0.2, 0.25) is 0 Å². The fraction of sp³-hybridized carbons (Fsp3) is 0.350. The summed E-state index contributed by atoms with van der Waals surface area (Å²) in [6.45, 7) is 10.2. The molecule has 0 saturated heterocycles. The van der Waals surface area contributed by atoms with Crippen LogP contribution >= 0.6 is 0 Å². The molecule has 0 aliphatic carbocycles. The molecule has 0 atom stereocenters. The summed E-state index contributed by atoms with van der Waals surface area (Å²) in [4.78, 5) is 11.5. The summed E-state index contributed by atoms with van der Waals surface area (Å²) in [5.74, 6) is 0.787. The highest BCUT2D eigenvalue weighted by Gasteiger charge is 2.26. The van der Waals surface area contributed by atoms with Crippen LogP contribution in [0.1, 0.15) is 36.1 Å². The van der Waals surface area contributed by atoms with Crippen LogP contribution in [0.2, 0.25) is 0 Å². The molecular weight excluding hydrogens is 272 g/mol. The molecule has 22 heavy (non-hydrogen) atoms. The molecule has 0 aromatic heterocycles. The molecule has 2 aromatic rings. The summed E-state index contributed by atoms with van der Waals surface area (Å²) < 4.78 is 5.70. The Kier molecular flexibility index (Phi) is 4.41. The SMILES string of the molecule is COc1c(-c2c(C)cc(C)cc2C)cccc1C(C)(C)C=O. The number of hydrogen-bond donors (Lipinski definition) is 0. The molecule has 0 heterocycles. The van der Waals surface area contributed by atoms with E-state index in [1.807, 2.05) is 26.0 Å². The van der Waals surface area contributed by atoms with E-state index in [0.29, 0.717) is 0 Å². The predicted octanol–water partition coefficient (Wildman–Crippen LogP) is 4.76. The minimum atomic E-state index is -0.576. The minimum absolute atomic E-state index is 0.576. The van der Waals surface area contributed by atoms with Gasteiger partial charge in [-0.25, -0.2) is 0 Å². The summed E-state index contributed by atoms with van der Waals surface area (Å²) >= 11 is 0. The van der Waals surface area contributed by atoms with Gasteiger partial charge in [-0.05, 0) is 51.3 Å². The van der Waals surface area contributed by atoms with Crippen molar-refractivity contribution in [3.63, 3.8) is 0 Å². The second-order valence-electron chi connectivity index (χ2n) is 6.50. The van der Waals surface area contributed by atoms with Gasteiger partial charge in [0.1, 0.15) is 12.0 Å². The number of methoxy groups -OCH3 is 1. The van der Waals surface area contributed by atoms with Gasteiger partial charge in [0.25, 0.3) is 0 Å². The third-order valence-electron chi connectivity index (χ3n) is 4.15. The number of carbonyl (C=O) groups excluding carboxylic acids is 1. The topological polar surface area (TPSA) is 26.3 Å². The monoisotopic (exact) mass is 296 g/mol. The number of benzene rings is 2. The van der Waals surface area contributed by atoms with Crippen LogP contribution in [-0.4, -0.2) is 13.4 Å². The van der Waals surface area contributed by atoms with E-state index in [1.165, 1.54) is 22.3 Å². The summed E-state index contributed by atoms with van der Waals surface area (Å²) in [6.07, 6.45) is 0.976. The second kappa shape index (κ2) is 5.96. The number of aldehydes is 1. The fourth-order valence-corrected chi connectivity index (χ4v) is 3.13. The van der Waals surface area contributed by atoms with Gasteiger partial charge in [-0.2, -0.15) is 0 Å². The third kappa shape index (κ3) is 2.78. The van der Waals surface area contributed by atoms with Crippen LogP contribution in [-0.2, 0) is 10.2 Å². The molecule has 0 bridgehead atoms. The molecule has 0 amide bonds. The Morgan fingerprint density at radius 1 is 1.05 bits per heavy atom. The largest absolute Gasteiger partial charge is 0.496 e. The van der Waals surface area contributed by atoms with Crippen LogP contribution in [0.25, 0.3) is 11.1 Å². The lowest BCUT2D eigenvalue weighted by atomic mass is 9.82. The zero-order valence-electron chi connectivity index (χ0n) is 14.3. The lowest BCUT2D eigenvalue weighted by Gasteiger charge is -2.24. The maximum Gasteiger partial charge on any atom is 0.130 e. The van der Waals surface area contributed by atoms with Crippen molar-refractivity contribution >= 4 is 6.29 Å². The normalized spacial score (nSPS) is 11.4. The Labute approximate surface area is 133 Å². The summed E-state index contributed by atoms with van der Waals surface area (Å²) in [5.41, 5.74) is 6.27. The molecular formula is C20H24O2. The Morgan fingerprint density at radius 2 is 1.64 bits per heavy atom. The molecule has 2 nitrogen and oxygen atoms in total. The molecule has 2 rings (SSSR count). The van der Waals surface area contributed by atoms with Gasteiger partial charge in [0.05, 0.1) is 7.11 Å². The molecule has 0 spiro atoms. The van der Waals surface area contributed by atoms with Crippen LogP contribution in [0.4, 0.5) is 0 Å². The molecule has 0 saturated carbocycles. The number of rotatable bonds is 4. The summed E-state index contributed by atoms with van der Waals surface area (Å²) in [5, 5.41) is 0. The highest BCUT2D eigenvalue weighted by molar-refractivity contribution is 5.81.